The first-order chi connectivity index (χ1) is 7.88. The van der Waals surface area contributed by atoms with Gasteiger partial charge in [0.25, 0.3) is 0 Å². The van der Waals surface area contributed by atoms with Crippen molar-refractivity contribution in [1.29, 1.82) is 0 Å². The van der Waals surface area contributed by atoms with Crippen molar-refractivity contribution in [3.63, 3.8) is 0 Å². The fourth-order valence-corrected chi connectivity index (χ4v) is 2.71. The Kier molecular flexibility index (Phi) is 5.39. The third-order valence-electron chi connectivity index (χ3n) is 3.07. The minimum atomic E-state index is -2.84. The van der Waals surface area contributed by atoms with E-state index in [-0.39, 0.29) is 11.7 Å². The van der Waals surface area contributed by atoms with E-state index in [2.05, 4.69) is 5.32 Å². The lowest BCUT2D eigenvalue weighted by molar-refractivity contribution is -0.129. The molecule has 0 aliphatic carbocycles. The number of hydrogen-bond acceptors (Lipinski definition) is 4. The van der Waals surface area contributed by atoms with E-state index in [9.17, 15) is 13.2 Å². The lowest BCUT2D eigenvalue weighted by Gasteiger charge is -2.31. The molecule has 0 saturated carbocycles. The van der Waals surface area contributed by atoms with Crippen molar-refractivity contribution in [3.8, 4) is 0 Å². The number of nitrogens with one attached hydrogen (secondary N) is 1. The number of piperidine rings is 1. The van der Waals surface area contributed by atoms with Crippen LogP contribution in [0.15, 0.2) is 0 Å². The fraction of sp³-hybridized carbons (Fsp3) is 0.909. The van der Waals surface area contributed by atoms with Crippen LogP contribution in [0.5, 0.6) is 0 Å². The van der Waals surface area contributed by atoms with Crippen LogP contribution in [0.2, 0.25) is 0 Å². The van der Waals surface area contributed by atoms with Gasteiger partial charge in [0.1, 0.15) is 9.84 Å². The maximum atomic E-state index is 11.1. The van der Waals surface area contributed by atoms with E-state index in [4.69, 9.17) is 0 Å². The topological polar surface area (TPSA) is 66.5 Å². The third-order valence-corrected chi connectivity index (χ3v) is 4.10. The minimum Gasteiger partial charge on any atom is -0.343 e. The Morgan fingerprint density at radius 3 is 2.41 bits per heavy atom. The van der Waals surface area contributed by atoms with Crippen molar-refractivity contribution in [2.75, 3.05) is 31.6 Å². The quantitative estimate of drug-likeness (QED) is 0.709. The van der Waals surface area contributed by atoms with E-state index in [1.54, 1.807) is 6.92 Å². The third kappa shape index (κ3) is 6.02. The van der Waals surface area contributed by atoms with Gasteiger partial charge in [-0.3, -0.25) is 4.79 Å². The summed E-state index contributed by atoms with van der Waals surface area (Å²) in [5.41, 5.74) is 0. The zero-order valence-electron chi connectivity index (χ0n) is 10.6. The zero-order chi connectivity index (χ0) is 12.9. The van der Waals surface area contributed by atoms with Crippen LogP contribution in [0.4, 0.5) is 0 Å². The minimum absolute atomic E-state index is 0.139. The highest BCUT2D eigenvalue weighted by Gasteiger charge is 2.19. The lowest BCUT2D eigenvalue weighted by Crippen LogP contribution is -2.44. The molecule has 1 N–H and O–H groups in total. The summed E-state index contributed by atoms with van der Waals surface area (Å²) in [6.45, 7) is 3.94. The van der Waals surface area contributed by atoms with Gasteiger partial charge in [0.05, 0.1) is 5.75 Å². The molecule has 0 aromatic carbocycles. The van der Waals surface area contributed by atoms with E-state index in [1.165, 1.54) is 6.26 Å². The Labute approximate surface area is 103 Å². The van der Waals surface area contributed by atoms with Gasteiger partial charge in [0.15, 0.2) is 0 Å². The van der Waals surface area contributed by atoms with Gasteiger partial charge in [0.2, 0.25) is 5.91 Å². The molecular formula is C11H22N2O3S. The second-order valence-electron chi connectivity index (χ2n) is 4.72. The van der Waals surface area contributed by atoms with Gasteiger partial charge in [0, 0.05) is 32.3 Å². The lowest BCUT2D eigenvalue weighted by atomic mass is 10.1. The molecule has 1 amide bonds. The molecule has 1 aliphatic rings. The normalized spacial score (nSPS) is 18.4. The molecule has 0 radical (unpaired) electrons. The van der Waals surface area contributed by atoms with Gasteiger partial charge < -0.3 is 10.2 Å². The van der Waals surface area contributed by atoms with Crippen molar-refractivity contribution >= 4 is 15.7 Å². The van der Waals surface area contributed by atoms with Crippen LogP contribution in [0.25, 0.3) is 0 Å². The standard InChI is InChI=1S/C11H22N2O3S/c1-10(14)13-7-4-11(5-8-13)12-6-3-9-17(2,15)16/h11-12H,3-9H2,1-2H3. The number of sulfone groups is 1. The molecule has 0 unspecified atom stereocenters. The summed E-state index contributed by atoms with van der Waals surface area (Å²) in [6, 6.07) is 0.421. The van der Waals surface area contributed by atoms with Crippen molar-refractivity contribution < 1.29 is 13.2 Å². The molecular weight excluding hydrogens is 240 g/mol. The second kappa shape index (κ2) is 6.35. The molecule has 100 valence electrons. The predicted molar refractivity (Wildman–Crippen MR) is 67.6 cm³/mol. The van der Waals surface area contributed by atoms with Gasteiger partial charge in [-0.2, -0.15) is 0 Å². The molecule has 0 atom stereocenters. The molecule has 0 aromatic rings. The van der Waals surface area contributed by atoms with Crippen LogP contribution in [-0.4, -0.2) is 56.9 Å². The van der Waals surface area contributed by atoms with Gasteiger partial charge in [-0.1, -0.05) is 0 Å². The molecule has 5 nitrogen and oxygen atoms in total. The Bertz CT molecular complexity index is 346. The van der Waals surface area contributed by atoms with Crippen LogP contribution >= 0.6 is 0 Å². The number of nitrogens with zero attached hydrogens (tertiary/aromatic N) is 1. The van der Waals surface area contributed by atoms with Crippen LogP contribution in [0, 0.1) is 0 Å². The highest BCUT2D eigenvalue weighted by molar-refractivity contribution is 7.90. The largest absolute Gasteiger partial charge is 0.343 e. The zero-order valence-corrected chi connectivity index (χ0v) is 11.4. The van der Waals surface area contributed by atoms with E-state index < -0.39 is 9.84 Å². The number of carbonyl (C=O) groups excluding carboxylic acids is 1. The van der Waals surface area contributed by atoms with Crippen molar-refractivity contribution in [2.24, 2.45) is 0 Å². The number of amides is 1. The van der Waals surface area contributed by atoms with Gasteiger partial charge in [-0.25, -0.2) is 8.42 Å². The molecule has 1 rings (SSSR count). The average molecular weight is 262 g/mol. The van der Waals surface area contributed by atoms with E-state index in [1.807, 2.05) is 4.90 Å². The SMILES string of the molecule is CC(=O)N1CCC(NCCCS(C)(=O)=O)CC1. The Morgan fingerprint density at radius 1 is 1.35 bits per heavy atom. The molecule has 0 spiro atoms. The Morgan fingerprint density at radius 2 is 1.94 bits per heavy atom. The molecule has 1 fully saturated rings. The molecule has 17 heavy (non-hydrogen) atoms. The number of hydrogen-bond donors (Lipinski definition) is 1. The molecule has 6 heteroatoms. The number of carbonyl (C=O) groups is 1. The highest BCUT2D eigenvalue weighted by atomic mass is 32.2. The summed E-state index contributed by atoms with van der Waals surface area (Å²) in [5.74, 6) is 0.382. The van der Waals surface area contributed by atoms with Crippen LogP contribution in [0.3, 0.4) is 0 Å². The maximum absolute atomic E-state index is 11.1. The van der Waals surface area contributed by atoms with Crippen LogP contribution in [-0.2, 0) is 14.6 Å². The molecule has 0 aromatic heterocycles. The summed E-state index contributed by atoms with van der Waals surface area (Å²) in [4.78, 5) is 13.0. The molecule has 0 bridgehead atoms. The number of likely N-dealkylation sites (tertiary alicyclic amines) is 1. The molecule has 1 saturated heterocycles. The summed E-state index contributed by atoms with van der Waals surface area (Å²) in [6.07, 6.45) is 3.83. The smallest absolute Gasteiger partial charge is 0.219 e. The van der Waals surface area contributed by atoms with Crippen LogP contribution < -0.4 is 5.32 Å². The Hall–Kier alpha value is -0.620. The van der Waals surface area contributed by atoms with Gasteiger partial charge >= 0.3 is 0 Å². The summed E-state index contributed by atoms with van der Waals surface area (Å²) >= 11 is 0. The second-order valence-corrected chi connectivity index (χ2v) is 6.98. The number of rotatable bonds is 5. The van der Waals surface area contributed by atoms with Gasteiger partial charge in [-0.05, 0) is 25.8 Å². The summed E-state index contributed by atoms with van der Waals surface area (Å²) < 4.78 is 21.9. The van der Waals surface area contributed by atoms with Gasteiger partial charge in [-0.15, -0.1) is 0 Å². The summed E-state index contributed by atoms with van der Waals surface area (Å²) in [5, 5.41) is 3.35. The van der Waals surface area contributed by atoms with Crippen molar-refractivity contribution in [1.82, 2.24) is 10.2 Å². The first kappa shape index (κ1) is 14.4. The van der Waals surface area contributed by atoms with Crippen molar-refractivity contribution in [3.05, 3.63) is 0 Å². The Balaban J connectivity index is 2.12. The summed E-state index contributed by atoms with van der Waals surface area (Å²) in [7, 11) is -2.84. The first-order valence-electron chi connectivity index (χ1n) is 6.05. The fourth-order valence-electron chi connectivity index (χ4n) is 2.04. The monoisotopic (exact) mass is 262 g/mol. The van der Waals surface area contributed by atoms with E-state index in [0.717, 1.165) is 32.5 Å². The van der Waals surface area contributed by atoms with E-state index >= 15 is 0 Å². The van der Waals surface area contributed by atoms with Crippen LogP contribution in [0.1, 0.15) is 26.2 Å². The average Bonchev–Trinajstić information content (AvgIpc) is 2.24. The predicted octanol–water partition coefficient (Wildman–Crippen LogP) is 0.0216. The van der Waals surface area contributed by atoms with Crippen molar-refractivity contribution in [2.45, 2.75) is 32.2 Å². The first-order valence-corrected chi connectivity index (χ1v) is 8.11. The van der Waals surface area contributed by atoms with E-state index in [0.29, 0.717) is 12.5 Å². The maximum Gasteiger partial charge on any atom is 0.219 e. The molecule has 1 aliphatic heterocycles. The highest BCUT2D eigenvalue weighted by Crippen LogP contribution is 2.10. The molecule has 1 heterocycles.